The molecule has 1 aliphatic rings. The second-order valence-corrected chi connectivity index (χ2v) is 4.64. The molecule has 1 fully saturated rings. The average Bonchev–Trinajstić information content (AvgIpc) is 2.68. The van der Waals surface area contributed by atoms with Gasteiger partial charge in [0.25, 0.3) is 5.91 Å². The summed E-state index contributed by atoms with van der Waals surface area (Å²) in [4.78, 5) is 34.9. The third-order valence-electron chi connectivity index (χ3n) is 3.23. The number of piperidine rings is 1. The van der Waals surface area contributed by atoms with Crippen LogP contribution in [-0.2, 0) is 16.1 Å². The fourth-order valence-electron chi connectivity index (χ4n) is 2.12. The lowest BCUT2D eigenvalue weighted by atomic mass is 10.1. The highest BCUT2D eigenvalue weighted by Crippen LogP contribution is 2.17. The Morgan fingerprint density at radius 3 is 2.85 bits per heavy atom. The van der Waals surface area contributed by atoms with Gasteiger partial charge in [0.05, 0.1) is 11.4 Å². The van der Waals surface area contributed by atoms with E-state index in [4.69, 9.17) is 5.73 Å². The number of imide groups is 1. The average molecular weight is 279 g/mol. The van der Waals surface area contributed by atoms with Gasteiger partial charge in [0.1, 0.15) is 11.7 Å². The van der Waals surface area contributed by atoms with Gasteiger partial charge < -0.3 is 11.1 Å². The van der Waals surface area contributed by atoms with Gasteiger partial charge in [-0.05, 0) is 20.3 Å². The lowest BCUT2D eigenvalue weighted by molar-refractivity contribution is -0.134. The molecule has 4 N–H and O–H groups in total. The van der Waals surface area contributed by atoms with Crippen LogP contribution in [0.4, 0.5) is 5.69 Å². The molecule has 1 aromatic heterocycles. The van der Waals surface area contributed by atoms with E-state index in [1.54, 1.807) is 6.92 Å². The summed E-state index contributed by atoms with van der Waals surface area (Å²) >= 11 is 0. The first kappa shape index (κ1) is 14.0. The first-order valence-electron chi connectivity index (χ1n) is 6.41. The SMILES string of the molecule is CCn1nc(C)c(N)c1C(=O)NC1CCC(=O)NC1=O. The van der Waals surface area contributed by atoms with Crippen LogP contribution in [0.2, 0.25) is 0 Å². The van der Waals surface area contributed by atoms with Crippen molar-refractivity contribution in [3.63, 3.8) is 0 Å². The van der Waals surface area contributed by atoms with Gasteiger partial charge >= 0.3 is 0 Å². The molecule has 1 aromatic rings. The summed E-state index contributed by atoms with van der Waals surface area (Å²) in [6.45, 7) is 4.05. The Morgan fingerprint density at radius 2 is 2.25 bits per heavy atom. The van der Waals surface area contributed by atoms with E-state index >= 15 is 0 Å². The van der Waals surface area contributed by atoms with Crippen LogP contribution in [0.1, 0.15) is 35.9 Å². The summed E-state index contributed by atoms with van der Waals surface area (Å²) in [5.74, 6) is -1.28. The first-order chi connectivity index (χ1) is 9.43. The van der Waals surface area contributed by atoms with E-state index in [2.05, 4.69) is 15.7 Å². The number of hydrogen-bond donors (Lipinski definition) is 3. The molecule has 8 nitrogen and oxygen atoms in total. The van der Waals surface area contributed by atoms with Gasteiger partial charge in [-0.1, -0.05) is 0 Å². The quantitative estimate of drug-likeness (QED) is 0.634. The number of carbonyl (C=O) groups is 3. The molecule has 0 spiro atoms. The maximum absolute atomic E-state index is 12.2. The van der Waals surface area contributed by atoms with Crippen LogP contribution in [0.5, 0.6) is 0 Å². The maximum Gasteiger partial charge on any atom is 0.272 e. The predicted molar refractivity (Wildman–Crippen MR) is 70.7 cm³/mol. The second-order valence-electron chi connectivity index (χ2n) is 4.64. The van der Waals surface area contributed by atoms with Crippen molar-refractivity contribution >= 4 is 23.4 Å². The van der Waals surface area contributed by atoms with Crippen molar-refractivity contribution in [2.45, 2.75) is 39.3 Å². The van der Waals surface area contributed by atoms with Crippen molar-refractivity contribution in [3.05, 3.63) is 11.4 Å². The van der Waals surface area contributed by atoms with E-state index in [1.807, 2.05) is 6.92 Å². The van der Waals surface area contributed by atoms with Crippen molar-refractivity contribution in [3.8, 4) is 0 Å². The van der Waals surface area contributed by atoms with E-state index in [0.717, 1.165) is 0 Å². The van der Waals surface area contributed by atoms with E-state index in [0.29, 0.717) is 17.9 Å². The summed E-state index contributed by atoms with van der Waals surface area (Å²) in [7, 11) is 0. The minimum absolute atomic E-state index is 0.207. The summed E-state index contributed by atoms with van der Waals surface area (Å²) < 4.78 is 1.49. The van der Waals surface area contributed by atoms with E-state index in [1.165, 1.54) is 4.68 Å². The van der Waals surface area contributed by atoms with Crippen LogP contribution < -0.4 is 16.4 Å². The lowest BCUT2D eigenvalue weighted by Crippen LogP contribution is -2.52. The molecule has 2 heterocycles. The zero-order chi connectivity index (χ0) is 14.9. The summed E-state index contributed by atoms with van der Waals surface area (Å²) in [5.41, 5.74) is 6.96. The molecule has 8 heteroatoms. The van der Waals surface area contributed by atoms with Gasteiger partial charge in [0.2, 0.25) is 11.8 Å². The van der Waals surface area contributed by atoms with Crippen LogP contribution in [-0.4, -0.2) is 33.5 Å². The highest BCUT2D eigenvalue weighted by Gasteiger charge is 2.30. The van der Waals surface area contributed by atoms with Gasteiger partial charge in [-0.2, -0.15) is 5.10 Å². The Hall–Kier alpha value is -2.38. The fourth-order valence-corrected chi connectivity index (χ4v) is 2.12. The standard InChI is InChI=1S/C12H17N5O3/c1-3-17-10(9(13)6(2)16-17)12(20)14-7-4-5-8(18)15-11(7)19/h7H,3-5,13H2,1-2H3,(H,14,20)(H,15,18,19). The Bertz CT molecular complexity index is 578. The molecule has 0 aromatic carbocycles. The summed E-state index contributed by atoms with van der Waals surface area (Å²) in [5, 5.41) is 8.93. The van der Waals surface area contributed by atoms with E-state index < -0.39 is 17.9 Å². The Kier molecular flexibility index (Phi) is 3.73. The molecule has 2 rings (SSSR count). The van der Waals surface area contributed by atoms with Crippen molar-refractivity contribution < 1.29 is 14.4 Å². The Labute approximate surface area is 115 Å². The molecular weight excluding hydrogens is 262 g/mol. The number of amides is 3. The maximum atomic E-state index is 12.2. The number of aryl methyl sites for hydroxylation is 2. The van der Waals surface area contributed by atoms with Gasteiger partial charge in [-0.3, -0.25) is 24.4 Å². The van der Waals surface area contributed by atoms with Crippen LogP contribution in [0.3, 0.4) is 0 Å². The number of rotatable bonds is 3. The topological polar surface area (TPSA) is 119 Å². The van der Waals surface area contributed by atoms with Crippen molar-refractivity contribution in [1.82, 2.24) is 20.4 Å². The normalized spacial score (nSPS) is 18.8. The van der Waals surface area contributed by atoms with Crippen LogP contribution in [0.25, 0.3) is 0 Å². The van der Waals surface area contributed by atoms with Crippen LogP contribution in [0, 0.1) is 6.92 Å². The molecule has 0 saturated carbocycles. The fraction of sp³-hybridized carbons (Fsp3) is 0.500. The van der Waals surface area contributed by atoms with E-state index in [9.17, 15) is 14.4 Å². The van der Waals surface area contributed by atoms with Crippen molar-refractivity contribution in [2.75, 3.05) is 5.73 Å². The number of aromatic nitrogens is 2. The van der Waals surface area contributed by atoms with Crippen molar-refractivity contribution in [2.24, 2.45) is 0 Å². The molecule has 108 valence electrons. The zero-order valence-electron chi connectivity index (χ0n) is 11.4. The molecule has 1 aliphatic heterocycles. The Morgan fingerprint density at radius 1 is 1.55 bits per heavy atom. The number of hydrogen-bond acceptors (Lipinski definition) is 5. The number of carbonyl (C=O) groups excluding carboxylic acids is 3. The largest absolute Gasteiger partial charge is 0.395 e. The number of nitrogens with zero attached hydrogens (tertiary/aromatic N) is 2. The van der Waals surface area contributed by atoms with E-state index in [-0.39, 0.29) is 24.4 Å². The molecule has 1 unspecified atom stereocenters. The summed E-state index contributed by atoms with van der Waals surface area (Å²) in [6, 6.07) is -0.722. The molecular formula is C12H17N5O3. The highest BCUT2D eigenvalue weighted by atomic mass is 16.2. The molecule has 3 amide bonds. The van der Waals surface area contributed by atoms with Crippen LogP contribution >= 0.6 is 0 Å². The smallest absolute Gasteiger partial charge is 0.272 e. The predicted octanol–water partition coefficient (Wildman–Crippen LogP) is -0.671. The number of anilines is 1. The van der Waals surface area contributed by atoms with Gasteiger partial charge in [0.15, 0.2) is 0 Å². The molecule has 0 radical (unpaired) electrons. The minimum Gasteiger partial charge on any atom is -0.395 e. The number of nitrogens with two attached hydrogens (primary N) is 1. The van der Waals surface area contributed by atoms with Crippen LogP contribution in [0.15, 0.2) is 0 Å². The first-order valence-corrected chi connectivity index (χ1v) is 6.41. The number of nitrogen functional groups attached to an aromatic ring is 1. The second kappa shape index (κ2) is 5.32. The number of nitrogens with one attached hydrogen (secondary N) is 2. The third-order valence-corrected chi connectivity index (χ3v) is 3.23. The highest BCUT2D eigenvalue weighted by molar-refractivity contribution is 6.04. The third kappa shape index (κ3) is 2.49. The van der Waals surface area contributed by atoms with Crippen molar-refractivity contribution in [1.29, 1.82) is 0 Å². The molecule has 1 saturated heterocycles. The molecule has 0 aliphatic carbocycles. The Balaban J connectivity index is 2.16. The lowest BCUT2D eigenvalue weighted by Gasteiger charge is -2.21. The zero-order valence-corrected chi connectivity index (χ0v) is 11.4. The minimum atomic E-state index is -0.722. The van der Waals surface area contributed by atoms with Gasteiger partial charge in [0, 0.05) is 13.0 Å². The summed E-state index contributed by atoms with van der Waals surface area (Å²) in [6.07, 6.45) is 0.494. The monoisotopic (exact) mass is 279 g/mol. The molecule has 20 heavy (non-hydrogen) atoms. The molecule has 1 atom stereocenters. The van der Waals surface area contributed by atoms with Gasteiger partial charge in [-0.15, -0.1) is 0 Å². The van der Waals surface area contributed by atoms with Gasteiger partial charge in [-0.25, -0.2) is 0 Å². The molecule has 0 bridgehead atoms.